The Bertz CT molecular complexity index is 547. The van der Waals surface area contributed by atoms with Crippen LogP contribution in [0.1, 0.15) is 26.9 Å². The second kappa shape index (κ2) is 5.08. The van der Waals surface area contributed by atoms with Gasteiger partial charge >= 0.3 is 5.97 Å². The molecule has 0 atom stereocenters. The monoisotopic (exact) mass is 251 g/mol. The van der Waals surface area contributed by atoms with E-state index in [0.717, 1.165) is 6.07 Å². The van der Waals surface area contributed by atoms with Crippen LogP contribution in [-0.2, 0) is 6.42 Å². The van der Waals surface area contributed by atoms with Crippen molar-refractivity contribution in [1.82, 2.24) is 25.7 Å². The van der Waals surface area contributed by atoms with Gasteiger partial charge in [-0.2, -0.15) is 5.10 Å². The highest BCUT2D eigenvalue weighted by Gasteiger charge is 2.16. The number of aromatic nitrogens is 4. The Balaban J connectivity index is 1.85. The highest BCUT2D eigenvalue weighted by atomic mass is 16.5. The fourth-order valence-corrected chi connectivity index (χ4v) is 1.22. The number of carboxylic acid groups (broad SMARTS) is 1. The molecule has 0 bridgehead atoms. The predicted molar refractivity (Wildman–Crippen MR) is 55.9 cm³/mol. The molecule has 2 heterocycles. The third kappa shape index (κ3) is 2.70. The summed E-state index contributed by atoms with van der Waals surface area (Å²) in [6, 6.07) is 1.06. The van der Waals surface area contributed by atoms with Crippen LogP contribution in [0.3, 0.4) is 0 Å². The molecule has 0 spiro atoms. The molecule has 2 rings (SSSR count). The van der Waals surface area contributed by atoms with Crippen LogP contribution >= 0.6 is 0 Å². The summed E-state index contributed by atoms with van der Waals surface area (Å²) < 4.78 is 4.46. The van der Waals surface area contributed by atoms with E-state index in [0.29, 0.717) is 18.8 Å². The van der Waals surface area contributed by atoms with Crippen molar-refractivity contribution in [2.75, 3.05) is 6.54 Å². The highest BCUT2D eigenvalue weighted by molar-refractivity contribution is 5.94. The highest BCUT2D eigenvalue weighted by Crippen LogP contribution is 2.03. The third-order valence-electron chi connectivity index (χ3n) is 2.07. The van der Waals surface area contributed by atoms with Crippen molar-refractivity contribution in [3.8, 4) is 0 Å². The second-order valence-electron chi connectivity index (χ2n) is 3.32. The van der Waals surface area contributed by atoms with E-state index in [1.54, 1.807) is 0 Å². The van der Waals surface area contributed by atoms with E-state index in [-0.39, 0.29) is 11.5 Å². The summed E-state index contributed by atoms with van der Waals surface area (Å²) >= 11 is 0. The van der Waals surface area contributed by atoms with Gasteiger partial charge in [-0.15, -0.1) is 0 Å². The lowest BCUT2D eigenvalue weighted by molar-refractivity contribution is 0.0651. The molecule has 0 aliphatic heterocycles. The van der Waals surface area contributed by atoms with Crippen LogP contribution < -0.4 is 5.32 Å². The van der Waals surface area contributed by atoms with Crippen LogP contribution in [0.5, 0.6) is 0 Å². The third-order valence-corrected chi connectivity index (χ3v) is 2.07. The average molecular weight is 251 g/mol. The second-order valence-corrected chi connectivity index (χ2v) is 3.32. The largest absolute Gasteiger partial charge is 0.475 e. The first kappa shape index (κ1) is 11.8. The molecule has 0 aliphatic carbocycles. The number of hydrogen-bond donors (Lipinski definition) is 3. The van der Waals surface area contributed by atoms with Gasteiger partial charge in [0, 0.05) is 19.0 Å². The van der Waals surface area contributed by atoms with Gasteiger partial charge in [0.2, 0.25) is 5.76 Å². The minimum Gasteiger partial charge on any atom is -0.475 e. The number of rotatable bonds is 5. The number of carboxylic acids is 1. The van der Waals surface area contributed by atoms with E-state index in [2.05, 4.69) is 30.2 Å². The summed E-state index contributed by atoms with van der Waals surface area (Å²) in [5.74, 6) is -1.52. The number of amides is 1. The minimum absolute atomic E-state index is 0.0787. The Morgan fingerprint density at radius 3 is 2.94 bits per heavy atom. The van der Waals surface area contributed by atoms with Gasteiger partial charge in [-0.25, -0.2) is 9.78 Å². The summed E-state index contributed by atoms with van der Waals surface area (Å²) in [7, 11) is 0. The molecule has 9 nitrogen and oxygen atoms in total. The standard InChI is InChI=1S/C9H9N5O4/c15-8(5-3-6(9(16)17)18-14-5)10-2-1-7-11-4-12-13-7/h3-4H,1-2H2,(H,10,15)(H,16,17)(H,11,12,13). The number of aromatic carboxylic acids is 1. The molecule has 0 saturated carbocycles. The Morgan fingerprint density at radius 2 is 2.33 bits per heavy atom. The molecule has 3 N–H and O–H groups in total. The number of carbonyl (C=O) groups is 2. The fourth-order valence-electron chi connectivity index (χ4n) is 1.22. The maximum Gasteiger partial charge on any atom is 0.374 e. The van der Waals surface area contributed by atoms with Gasteiger partial charge in [-0.05, 0) is 0 Å². The maximum atomic E-state index is 11.5. The van der Waals surface area contributed by atoms with Crippen LogP contribution in [0.2, 0.25) is 0 Å². The molecule has 0 fully saturated rings. The maximum absolute atomic E-state index is 11.5. The number of nitrogens with one attached hydrogen (secondary N) is 2. The molecule has 0 unspecified atom stereocenters. The van der Waals surface area contributed by atoms with Crippen molar-refractivity contribution in [1.29, 1.82) is 0 Å². The Hall–Kier alpha value is -2.71. The van der Waals surface area contributed by atoms with Gasteiger partial charge in [0.05, 0.1) is 0 Å². The smallest absolute Gasteiger partial charge is 0.374 e. The minimum atomic E-state index is -1.27. The number of H-pyrrole nitrogens is 1. The molecule has 2 aromatic heterocycles. The SMILES string of the molecule is O=C(NCCc1ncn[nH]1)c1cc(C(=O)O)on1. The van der Waals surface area contributed by atoms with Gasteiger partial charge < -0.3 is 14.9 Å². The zero-order valence-corrected chi connectivity index (χ0v) is 9.08. The number of hydrogen-bond acceptors (Lipinski definition) is 6. The summed E-state index contributed by atoms with van der Waals surface area (Å²) in [4.78, 5) is 25.9. The van der Waals surface area contributed by atoms with Crippen LogP contribution in [0.25, 0.3) is 0 Å². The number of aromatic amines is 1. The molecular formula is C9H9N5O4. The Labute approximate surface area is 100 Å². The molecule has 94 valence electrons. The van der Waals surface area contributed by atoms with Crippen LogP contribution in [0.15, 0.2) is 16.9 Å². The van der Waals surface area contributed by atoms with Crippen LogP contribution in [0.4, 0.5) is 0 Å². The zero-order valence-electron chi connectivity index (χ0n) is 9.08. The molecule has 18 heavy (non-hydrogen) atoms. The molecule has 2 aromatic rings. The summed E-state index contributed by atoms with van der Waals surface area (Å²) in [6.07, 6.45) is 1.85. The summed E-state index contributed by atoms with van der Waals surface area (Å²) in [6.45, 7) is 0.323. The van der Waals surface area contributed by atoms with Gasteiger partial charge in [0.1, 0.15) is 12.2 Å². The average Bonchev–Trinajstić information content (AvgIpc) is 2.99. The molecule has 0 aliphatic rings. The Morgan fingerprint density at radius 1 is 1.50 bits per heavy atom. The van der Waals surface area contributed by atoms with E-state index in [9.17, 15) is 9.59 Å². The van der Waals surface area contributed by atoms with Crippen molar-refractivity contribution in [2.45, 2.75) is 6.42 Å². The lowest BCUT2D eigenvalue weighted by Gasteiger charge is -1.99. The van der Waals surface area contributed by atoms with E-state index in [1.807, 2.05) is 0 Å². The van der Waals surface area contributed by atoms with Crippen molar-refractivity contribution in [3.63, 3.8) is 0 Å². The molecule has 1 amide bonds. The quantitative estimate of drug-likeness (QED) is 0.649. The lowest BCUT2D eigenvalue weighted by Crippen LogP contribution is -2.26. The summed E-state index contributed by atoms with van der Waals surface area (Å²) in [5.41, 5.74) is -0.0787. The van der Waals surface area contributed by atoms with Crippen molar-refractivity contribution < 1.29 is 19.2 Å². The van der Waals surface area contributed by atoms with E-state index in [4.69, 9.17) is 5.11 Å². The fraction of sp³-hybridized carbons (Fsp3) is 0.222. The van der Waals surface area contributed by atoms with Crippen molar-refractivity contribution >= 4 is 11.9 Å². The molecule has 0 saturated heterocycles. The van der Waals surface area contributed by atoms with Gasteiger partial charge in [0.15, 0.2) is 5.69 Å². The van der Waals surface area contributed by atoms with Gasteiger partial charge in [0.25, 0.3) is 5.91 Å². The van der Waals surface area contributed by atoms with Crippen LogP contribution in [-0.4, -0.2) is 43.9 Å². The number of carbonyl (C=O) groups excluding carboxylic acids is 1. The van der Waals surface area contributed by atoms with E-state index >= 15 is 0 Å². The number of nitrogens with zero attached hydrogens (tertiary/aromatic N) is 3. The molecule has 9 heteroatoms. The topological polar surface area (TPSA) is 134 Å². The van der Waals surface area contributed by atoms with Gasteiger partial charge in [-0.3, -0.25) is 9.89 Å². The normalized spacial score (nSPS) is 10.2. The lowest BCUT2D eigenvalue weighted by atomic mass is 10.3. The first-order valence-corrected chi connectivity index (χ1v) is 4.99. The predicted octanol–water partition coefficient (Wildman–Crippen LogP) is -0.537. The van der Waals surface area contributed by atoms with Crippen LogP contribution in [0, 0.1) is 0 Å². The molecule has 0 aromatic carbocycles. The first-order valence-electron chi connectivity index (χ1n) is 4.99. The Kier molecular flexibility index (Phi) is 3.32. The zero-order chi connectivity index (χ0) is 13.0. The molecule has 0 radical (unpaired) electrons. The summed E-state index contributed by atoms with van der Waals surface area (Å²) in [5, 5.41) is 20.8. The first-order chi connectivity index (χ1) is 8.66. The van der Waals surface area contributed by atoms with Crippen molar-refractivity contribution in [2.24, 2.45) is 0 Å². The molecular weight excluding hydrogens is 242 g/mol. The van der Waals surface area contributed by atoms with Crippen molar-refractivity contribution in [3.05, 3.63) is 29.7 Å². The van der Waals surface area contributed by atoms with E-state index in [1.165, 1.54) is 6.33 Å². The van der Waals surface area contributed by atoms with E-state index < -0.39 is 11.9 Å². The van der Waals surface area contributed by atoms with Gasteiger partial charge in [-0.1, -0.05) is 5.16 Å².